The number of amides is 1. The first-order valence-corrected chi connectivity index (χ1v) is 21.7. The van der Waals surface area contributed by atoms with Gasteiger partial charge in [-0.15, -0.1) is 0 Å². The molecule has 4 atom stereocenters. The number of hydrogen-bond acceptors (Lipinski definition) is 6. The zero-order valence-electron chi connectivity index (χ0n) is 35.1. The van der Waals surface area contributed by atoms with Gasteiger partial charge in [0.25, 0.3) is 0 Å². The van der Waals surface area contributed by atoms with E-state index >= 15 is 0 Å². The third-order valence-corrected chi connectivity index (χ3v) is 13.5. The standard InChI is InChI=1S/C52H49ClF3NO6/c1-33-9-8-25-50(2)44(24-26-51(50,61)32-57(31-34-10-4-3-5-11-34)49(60)62-40-19-16-36-12-6-7-13-37(36)29-40)41-20-15-35(27-39(58)18-14-33)28-42(41)48(59)47-23-22-46(63-47)43-30-38(52(54,55)56)17-21-45(43)53/h3-7,9-13,15-17,19-23,28-30,39,44,58,61H,8,14,18,24-27,31-32H2,1-2H3/t39-,44-,50-,51+/m0/s1. The maximum absolute atomic E-state index is 14.7. The van der Waals surface area contributed by atoms with E-state index in [0.29, 0.717) is 55.4 Å². The van der Waals surface area contributed by atoms with Crippen LogP contribution in [0.4, 0.5) is 18.0 Å². The fourth-order valence-electron chi connectivity index (χ4n) is 9.53. The summed E-state index contributed by atoms with van der Waals surface area (Å²) in [6, 6.07) is 34.1. The van der Waals surface area contributed by atoms with Crippen molar-refractivity contribution in [1.29, 1.82) is 0 Å². The molecule has 1 amide bonds. The van der Waals surface area contributed by atoms with Gasteiger partial charge in [-0.05, 0) is 134 Å². The number of nitrogens with zero attached hydrogens (tertiary/aromatic N) is 1. The predicted molar refractivity (Wildman–Crippen MR) is 238 cm³/mol. The van der Waals surface area contributed by atoms with E-state index in [1.54, 1.807) is 17.0 Å². The quantitative estimate of drug-likeness (QED) is 0.117. The molecule has 1 aromatic heterocycles. The van der Waals surface area contributed by atoms with Crippen LogP contribution in [0.15, 0.2) is 137 Å². The van der Waals surface area contributed by atoms with Crippen LogP contribution in [0.5, 0.6) is 5.75 Å². The van der Waals surface area contributed by atoms with Gasteiger partial charge in [0.05, 0.1) is 28.8 Å². The number of furan rings is 1. The van der Waals surface area contributed by atoms with E-state index in [4.69, 9.17) is 20.8 Å². The van der Waals surface area contributed by atoms with Crippen molar-refractivity contribution in [3.63, 3.8) is 0 Å². The lowest BCUT2D eigenvalue weighted by Crippen LogP contribution is -2.54. The molecule has 0 radical (unpaired) electrons. The number of fused-ring (bicyclic) bond motifs is 9. The van der Waals surface area contributed by atoms with Crippen LogP contribution in [-0.2, 0) is 19.1 Å². The topological polar surface area (TPSA) is 100 Å². The van der Waals surface area contributed by atoms with E-state index in [2.05, 4.69) is 6.08 Å². The smallest absolute Gasteiger partial charge is 0.416 e. The van der Waals surface area contributed by atoms with E-state index in [1.165, 1.54) is 12.1 Å². The largest absolute Gasteiger partial charge is 0.453 e. The van der Waals surface area contributed by atoms with Crippen LogP contribution in [0.2, 0.25) is 5.02 Å². The van der Waals surface area contributed by atoms with Gasteiger partial charge in [-0.1, -0.05) is 103 Å². The number of halogens is 4. The number of aliphatic hydroxyl groups is 2. The monoisotopic (exact) mass is 875 g/mol. The lowest BCUT2D eigenvalue weighted by Gasteiger charge is -2.46. The average Bonchev–Trinajstić information content (AvgIpc) is 3.85. The van der Waals surface area contributed by atoms with Gasteiger partial charge in [0.2, 0.25) is 5.78 Å². The molecule has 0 saturated heterocycles. The number of carbonyl (C=O) groups excluding carboxylic acids is 2. The average molecular weight is 876 g/mol. The van der Waals surface area contributed by atoms with Gasteiger partial charge >= 0.3 is 12.3 Å². The molecule has 9 rings (SSSR count). The molecule has 6 aromatic rings. The van der Waals surface area contributed by atoms with Crippen molar-refractivity contribution in [2.24, 2.45) is 5.41 Å². The van der Waals surface area contributed by atoms with Crippen molar-refractivity contribution in [2.75, 3.05) is 6.54 Å². The Morgan fingerprint density at radius 3 is 2.43 bits per heavy atom. The van der Waals surface area contributed by atoms with E-state index in [-0.39, 0.29) is 47.5 Å². The van der Waals surface area contributed by atoms with Gasteiger partial charge < -0.3 is 24.3 Å². The summed E-state index contributed by atoms with van der Waals surface area (Å²) in [5.41, 5.74) is 0.398. The van der Waals surface area contributed by atoms with Gasteiger partial charge in [-0.3, -0.25) is 4.79 Å². The maximum atomic E-state index is 14.7. The molecule has 1 saturated carbocycles. The molecule has 63 heavy (non-hydrogen) atoms. The molecule has 7 nitrogen and oxygen atoms in total. The third kappa shape index (κ3) is 9.35. The van der Waals surface area contributed by atoms with Crippen LogP contribution in [0, 0.1) is 5.41 Å². The minimum Gasteiger partial charge on any atom is -0.453 e. The summed E-state index contributed by atoms with van der Waals surface area (Å²) in [4.78, 5) is 30.6. The maximum Gasteiger partial charge on any atom is 0.416 e. The Morgan fingerprint density at radius 1 is 0.889 bits per heavy atom. The molecule has 0 unspecified atom stereocenters. The highest BCUT2D eigenvalue weighted by molar-refractivity contribution is 6.33. The summed E-state index contributed by atoms with van der Waals surface area (Å²) < 4.78 is 53.1. The molecule has 11 heteroatoms. The van der Waals surface area contributed by atoms with Crippen molar-refractivity contribution in [1.82, 2.24) is 4.90 Å². The lowest BCUT2D eigenvalue weighted by atomic mass is 9.64. The number of allylic oxidation sites excluding steroid dienone is 2. The number of alkyl halides is 3. The van der Waals surface area contributed by atoms with Crippen molar-refractivity contribution in [3.8, 4) is 17.1 Å². The van der Waals surface area contributed by atoms with Crippen molar-refractivity contribution in [3.05, 3.63) is 172 Å². The molecule has 0 aliphatic heterocycles. The Labute approximate surface area is 369 Å². The fraction of sp³-hybridized carbons (Fsp3) is 0.308. The number of carbonyl (C=O) groups is 2. The summed E-state index contributed by atoms with van der Waals surface area (Å²) in [5, 5.41) is 26.2. The first kappa shape index (κ1) is 43.9. The minimum absolute atomic E-state index is 0.000961. The Balaban J connectivity index is 1.17. The molecule has 2 N–H and O–H groups in total. The van der Waals surface area contributed by atoms with E-state index in [0.717, 1.165) is 45.7 Å². The fourth-order valence-corrected chi connectivity index (χ4v) is 9.74. The molecule has 5 aromatic carbocycles. The van der Waals surface area contributed by atoms with Crippen LogP contribution in [0.25, 0.3) is 22.1 Å². The second kappa shape index (κ2) is 17.8. The van der Waals surface area contributed by atoms with Gasteiger partial charge in [-0.25, -0.2) is 4.79 Å². The Morgan fingerprint density at radius 2 is 1.65 bits per heavy atom. The van der Waals surface area contributed by atoms with Crippen molar-refractivity contribution in [2.45, 2.75) is 89.1 Å². The number of ether oxygens (including phenoxy) is 1. The summed E-state index contributed by atoms with van der Waals surface area (Å²) in [6.07, 6.45) is -0.431. The summed E-state index contributed by atoms with van der Waals surface area (Å²) in [5.74, 6) is -0.610. The predicted octanol–water partition coefficient (Wildman–Crippen LogP) is 12.7. The Kier molecular flexibility index (Phi) is 12.4. The van der Waals surface area contributed by atoms with Gasteiger partial charge in [-0.2, -0.15) is 13.2 Å². The number of rotatable bonds is 8. The zero-order valence-corrected chi connectivity index (χ0v) is 35.9. The molecule has 3 aliphatic rings. The van der Waals surface area contributed by atoms with Crippen LogP contribution in [0.3, 0.4) is 0 Å². The second-order valence-corrected chi connectivity index (χ2v) is 17.8. The summed E-state index contributed by atoms with van der Waals surface area (Å²) in [6.45, 7) is 4.18. The third-order valence-electron chi connectivity index (χ3n) is 13.2. The van der Waals surface area contributed by atoms with E-state index in [9.17, 15) is 33.0 Å². The Hall–Kier alpha value is -5.68. The van der Waals surface area contributed by atoms with Crippen molar-refractivity contribution >= 4 is 34.2 Å². The first-order valence-electron chi connectivity index (χ1n) is 21.3. The zero-order chi connectivity index (χ0) is 44.5. The van der Waals surface area contributed by atoms with Crippen molar-refractivity contribution < 1.29 is 42.1 Å². The Bertz CT molecular complexity index is 2680. The van der Waals surface area contributed by atoms with Gasteiger partial charge in [0.1, 0.15) is 11.5 Å². The normalized spacial score (nSPS) is 21.7. The molecule has 2 bridgehead atoms. The number of hydrogen-bond donors (Lipinski definition) is 2. The molecular formula is C52H49ClF3NO6. The highest BCUT2D eigenvalue weighted by Gasteiger charge is 2.58. The van der Waals surface area contributed by atoms with Gasteiger partial charge in [0, 0.05) is 23.1 Å². The number of aliphatic hydroxyl groups excluding tert-OH is 1. The van der Waals surface area contributed by atoms with E-state index in [1.807, 2.05) is 92.7 Å². The van der Waals surface area contributed by atoms with Crippen LogP contribution >= 0.6 is 11.6 Å². The first-order chi connectivity index (χ1) is 30.1. The highest BCUT2D eigenvalue weighted by atomic mass is 35.5. The summed E-state index contributed by atoms with van der Waals surface area (Å²) >= 11 is 6.36. The summed E-state index contributed by atoms with van der Waals surface area (Å²) in [7, 11) is 0. The molecule has 326 valence electrons. The number of benzene rings is 5. The molecule has 0 spiro atoms. The van der Waals surface area contributed by atoms with Crippen LogP contribution in [-0.4, -0.2) is 45.2 Å². The molecular weight excluding hydrogens is 827 g/mol. The molecule has 1 fully saturated rings. The molecule has 1 heterocycles. The number of ketones is 1. The van der Waals surface area contributed by atoms with E-state index < -0.39 is 40.7 Å². The second-order valence-electron chi connectivity index (χ2n) is 17.4. The molecule has 3 aliphatic carbocycles. The van der Waals surface area contributed by atoms with Gasteiger partial charge in [0.15, 0.2) is 5.76 Å². The highest BCUT2D eigenvalue weighted by Crippen LogP contribution is 2.59. The minimum atomic E-state index is -4.62. The van der Waals surface area contributed by atoms with Crippen LogP contribution < -0.4 is 4.74 Å². The SMILES string of the molecule is CC1=CCC[C@@]2(C)[C@@H](CC[C@@]2(O)CN(Cc2ccccc2)C(=O)Oc2ccc3ccccc3c2)c2ccc(cc2C(=O)c2ccc(-c3cc(C(F)(F)F)ccc3Cl)o2)C[C@@H](O)CC1. The lowest BCUT2D eigenvalue weighted by molar-refractivity contribution is -0.137. The van der Waals surface area contributed by atoms with Crippen LogP contribution in [0.1, 0.15) is 96.7 Å².